The van der Waals surface area contributed by atoms with Crippen molar-refractivity contribution in [2.75, 3.05) is 26.1 Å². The van der Waals surface area contributed by atoms with Crippen LogP contribution < -0.4 is 14.2 Å². The molecule has 1 aromatic heterocycles. The molecule has 0 bridgehead atoms. The normalized spacial score (nSPS) is 11.2. The van der Waals surface area contributed by atoms with E-state index in [0.717, 1.165) is 22.3 Å². The highest BCUT2D eigenvalue weighted by atomic mass is 16.5. The Kier molecular flexibility index (Phi) is 5.49. The van der Waals surface area contributed by atoms with Gasteiger partial charge in [-0.15, -0.1) is 0 Å². The van der Waals surface area contributed by atoms with Crippen LogP contribution >= 0.6 is 0 Å². The third kappa shape index (κ3) is 3.49. The number of methoxy groups -OCH3 is 1. The summed E-state index contributed by atoms with van der Waals surface area (Å²) in [6.45, 7) is 6.60. The lowest BCUT2D eigenvalue weighted by atomic mass is 9.88. The molecule has 170 valence electrons. The fourth-order valence-electron chi connectivity index (χ4n) is 5.28. The maximum atomic E-state index is 5.97. The smallest absolute Gasteiger partial charge is 0.223 e. The van der Waals surface area contributed by atoms with Gasteiger partial charge in [-0.2, -0.15) is 4.57 Å². The van der Waals surface area contributed by atoms with Gasteiger partial charge in [0.05, 0.1) is 17.9 Å². The predicted octanol–water partition coefficient (Wildman–Crippen LogP) is 6.94. The Morgan fingerprint density at radius 1 is 0.706 bits per heavy atom. The number of anilines is 1. The fourth-order valence-corrected chi connectivity index (χ4v) is 5.28. The summed E-state index contributed by atoms with van der Waals surface area (Å²) < 4.78 is 8.34. The second kappa shape index (κ2) is 8.49. The number of hydrogen-bond acceptors (Lipinski definition) is 2. The summed E-state index contributed by atoms with van der Waals surface area (Å²) in [5, 5.41) is 2.34. The van der Waals surface area contributed by atoms with Crippen LogP contribution in [-0.2, 0) is 0 Å². The number of para-hydroxylation sites is 1. The molecule has 3 nitrogen and oxygen atoms in total. The van der Waals surface area contributed by atoms with Crippen molar-refractivity contribution in [3.8, 4) is 22.6 Å². The molecular weight excluding hydrogens is 416 g/mol. The van der Waals surface area contributed by atoms with Gasteiger partial charge in [0.25, 0.3) is 0 Å². The molecule has 0 aliphatic rings. The molecule has 5 rings (SSSR count). The minimum absolute atomic E-state index is 0.884. The van der Waals surface area contributed by atoms with Gasteiger partial charge in [0.2, 0.25) is 16.7 Å². The Hall–Kier alpha value is -3.85. The van der Waals surface area contributed by atoms with Gasteiger partial charge in [0.1, 0.15) is 5.75 Å². The van der Waals surface area contributed by atoms with Gasteiger partial charge in [0, 0.05) is 49.6 Å². The molecule has 0 spiro atoms. The van der Waals surface area contributed by atoms with Crippen molar-refractivity contribution in [2.45, 2.75) is 20.8 Å². The fraction of sp³-hybridized carbons (Fsp3) is 0.194. The molecule has 34 heavy (non-hydrogen) atoms. The van der Waals surface area contributed by atoms with Crippen LogP contribution in [-0.4, -0.2) is 21.2 Å². The molecular formula is C31H31N2O+. The first-order chi connectivity index (χ1) is 16.4. The van der Waals surface area contributed by atoms with Gasteiger partial charge in [-0.05, 0) is 55.7 Å². The van der Waals surface area contributed by atoms with Gasteiger partial charge in [-0.1, -0.05) is 42.0 Å². The van der Waals surface area contributed by atoms with Gasteiger partial charge in [-0.25, -0.2) is 0 Å². The number of pyridine rings is 1. The minimum atomic E-state index is 0.884. The first-order valence-corrected chi connectivity index (χ1v) is 11.7. The van der Waals surface area contributed by atoms with E-state index >= 15 is 0 Å². The van der Waals surface area contributed by atoms with Crippen molar-refractivity contribution in [1.82, 2.24) is 0 Å². The molecule has 0 atom stereocenters. The molecule has 0 saturated heterocycles. The van der Waals surface area contributed by atoms with E-state index in [1.54, 1.807) is 7.11 Å². The molecule has 0 radical (unpaired) electrons. The molecule has 5 aromatic rings. The number of aromatic nitrogens is 1. The lowest BCUT2D eigenvalue weighted by Crippen LogP contribution is -2.33. The number of rotatable bonds is 4. The monoisotopic (exact) mass is 447 g/mol. The quantitative estimate of drug-likeness (QED) is 0.219. The van der Waals surface area contributed by atoms with Gasteiger partial charge in [0.15, 0.2) is 0 Å². The third-order valence-electron chi connectivity index (χ3n) is 6.66. The Bertz CT molecular complexity index is 1510. The van der Waals surface area contributed by atoms with Crippen molar-refractivity contribution in [2.24, 2.45) is 0 Å². The molecule has 0 aliphatic carbocycles. The predicted molar refractivity (Wildman–Crippen MR) is 144 cm³/mol. The lowest BCUT2D eigenvalue weighted by Gasteiger charge is -2.19. The third-order valence-corrected chi connectivity index (χ3v) is 6.66. The summed E-state index contributed by atoms with van der Waals surface area (Å²) in [7, 11) is 5.94. The first kappa shape index (κ1) is 22.0. The number of nitrogens with zero attached hydrogens (tertiary/aromatic N) is 2. The van der Waals surface area contributed by atoms with Gasteiger partial charge >= 0.3 is 0 Å². The highest BCUT2D eigenvalue weighted by Crippen LogP contribution is 2.42. The largest absolute Gasteiger partial charge is 0.496 e. The first-order valence-electron chi connectivity index (χ1n) is 11.7. The van der Waals surface area contributed by atoms with Gasteiger partial charge < -0.3 is 9.64 Å². The standard InChI is InChI=1S/C31H31N2O/c1-20-17-21(2)29(22(3)18-20)30-25-16-15-24(32(4)5)19-27(25)33(23-11-8-7-9-12-23)26-13-10-14-28(34-6)31(26)30/h7-19H,1-6H3/q+1. The van der Waals surface area contributed by atoms with Crippen molar-refractivity contribution in [3.05, 3.63) is 95.6 Å². The molecule has 0 amide bonds. The van der Waals surface area contributed by atoms with E-state index in [2.05, 4.69) is 123 Å². The minimum Gasteiger partial charge on any atom is -0.496 e. The average Bonchev–Trinajstić information content (AvgIpc) is 2.82. The van der Waals surface area contributed by atoms with Crippen molar-refractivity contribution in [3.63, 3.8) is 0 Å². The summed E-state index contributed by atoms with van der Waals surface area (Å²) in [6, 6.07) is 28.3. The topological polar surface area (TPSA) is 16.4 Å². The Balaban J connectivity index is 2.08. The summed E-state index contributed by atoms with van der Waals surface area (Å²) in [4.78, 5) is 2.16. The lowest BCUT2D eigenvalue weighted by molar-refractivity contribution is -0.537. The van der Waals surface area contributed by atoms with E-state index in [4.69, 9.17) is 4.74 Å². The van der Waals surface area contributed by atoms with E-state index in [1.807, 2.05) is 0 Å². The Morgan fingerprint density at radius 3 is 2.06 bits per heavy atom. The van der Waals surface area contributed by atoms with Crippen LogP contribution in [0.2, 0.25) is 0 Å². The van der Waals surface area contributed by atoms with E-state index in [0.29, 0.717) is 0 Å². The molecule has 0 fully saturated rings. The molecule has 0 saturated carbocycles. The summed E-state index contributed by atoms with van der Waals surface area (Å²) in [5.41, 5.74) is 11.0. The zero-order chi connectivity index (χ0) is 24.0. The summed E-state index contributed by atoms with van der Waals surface area (Å²) in [6.07, 6.45) is 0. The molecule has 0 unspecified atom stereocenters. The number of ether oxygens (including phenoxy) is 1. The highest BCUT2D eigenvalue weighted by Gasteiger charge is 2.27. The van der Waals surface area contributed by atoms with Gasteiger partial charge in [-0.3, -0.25) is 0 Å². The van der Waals surface area contributed by atoms with Crippen LogP contribution in [0.5, 0.6) is 5.75 Å². The second-order valence-electron chi connectivity index (χ2n) is 9.27. The zero-order valence-corrected chi connectivity index (χ0v) is 20.8. The maximum Gasteiger partial charge on any atom is 0.223 e. The Labute approximate surface area is 201 Å². The second-order valence-corrected chi connectivity index (χ2v) is 9.27. The molecule has 1 heterocycles. The number of fused-ring (bicyclic) bond motifs is 2. The number of benzene rings is 4. The highest BCUT2D eigenvalue weighted by molar-refractivity contribution is 6.11. The van der Waals surface area contributed by atoms with Crippen LogP contribution in [0.4, 0.5) is 5.69 Å². The zero-order valence-electron chi connectivity index (χ0n) is 20.8. The maximum absolute atomic E-state index is 5.97. The molecule has 0 N–H and O–H groups in total. The van der Waals surface area contributed by atoms with Crippen molar-refractivity contribution < 1.29 is 9.30 Å². The van der Waals surface area contributed by atoms with Crippen molar-refractivity contribution in [1.29, 1.82) is 0 Å². The SMILES string of the molecule is COc1cccc2c1c(-c1c(C)cc(C)cc1C)c1ccc(N(C)C)cc1[n+]2-c1ccccc1. The molecule has 3 heteroatoms. The summed E-state index contributed by atoms with van der Waals surface area (Å²) >= 11 is 0. The Morgan fingerprint density at radius 2 is 1.41 bits per heavy atom. The van der Waals surface area contributed by atoms with E-state index in [9.17, 15) is 0 Å². The van der Waals surface area contributed by atoms with Crippen LogP contribution in [0.3, 0.4) is 0 Å². The van der Waals surface area contributed by atoms with Crippen LogP contribution in [0.25, 0.3) is 38.6 Å². The van der Waals surface area contributed by atoms with E-state index in [-0.39, 0.29) is 0 Å². The number of hydrogen-bond donors (Lipinski definition) is 0. The van der Waals surface area contributed by atoms with Crippen LogP contribution in [0, 0.1) is 20.8 Å². The van der Waals surface area contributed by atoms with E-state index < -0.39 is 0 Å². The van der Waals surface area contributed by atoms with Crippen LogP contribution in [0.15, 0.2) is 78.9 Å². The average molecular weight is 448 g/mol. The van der Waals surface area contributed by atoms with Crippen LogP contribution in [0.1, 0.15) is 16.7 Å². The molecule has 4 aromatic carbocycles. The summed E-state index contributed by atoms with van der Waals surface area (Å²) in [5.74, 6) is 0.884. The molecule has 0 aliphatic heterocycles. The number of aryl methyl sites for hydroxylation is 3. The van der Waals surface area contributed by atoms with Crippen molar-refractivity contribution >= 4 is 27.5 Å². The van der Waals surface area contributed by atoms with E-state index in [1.165, 1.54) is 44.4 Å².